The smallest absolute Gasteiger partial charge is 0.255 e. The Balaban J connectivity index is 1.32. The van der Waals surface area contributed by atoms with Crippen LogP contribution in [-0.2, 0) is 13.0 Å². The van der Waals surface area contributed by atoms with Crippen LogP contribution in [0, 0.1) is 5.82 Å². The fraction of sp³-hybridized carbons (Fsp3) is 0.154. The molecule has 0 unspecified atom stereocenters. The Bertz CT molecular complexity index is 1300. The highest BCUT2D eigenvalue weighted by Gasteiger charge is 2.14. The molecule has 5 nitrogen and oxygen atoms in total. The summed E-state index contributed by atoms with van der Waals surface area (Å²) in [6, 6.07) is 17.8. The Morgan fingerprint density at radius 1 is 1.09 bits per heavy atom. The van der Waals surface area contributed by atoms with Crippen molar-refractivity contribution in [2.24, 2.45) is 0 Å². The highest BCUT2D eigenvalue weighted by atomic mass is 19.1. The molecule has 6 heteroatoms. The van der Waals surface area contributed by atoms with Gasteiger partial charge in [-0.15, -0.1) is 0 Å². The average molecular weight is 427 g/mol. The summed E-state index contributed by atoms with van der Waals surface area (Å²) in [6.07, 6.45) is 5.53. The number of ether oxygens (including phenoxy) is 1. The van der Waals surface area contributed by atoms with Crippen molar-refractivity contribution >= 4 is 28.1 Å². The van der Waals surface area contributed by atoms with Crippen LogP contribution in [0.1, 0.15) is 27.9 Å². The highest BCUT2D eigenvalue weighted by molar-refractivity contribution is 6.04. The lowest BCUT2D eigenvalue weighted by Gasteiger charge is -2.19. The van der Waals surface area contributed by atoms with E-state index in [9.17, 15) is 9.18 Å². The first-order valence-corrected chi connectivity index (χ1v) is 10.6. The minimum absolute atomic E-state index is 0.0280. The molecule has 0 spiro atoms. The maximum atomic E-state index is 14.4. The molecule has 0 aliphatic carbocycles. The van der Waals surface area contributed by atoms with E-state index in [2.05, 4.69) is 15.6 Å². The van der Waals surface area contributed by atoms with E-state index in [4.69, 9.17) is 4.74 Å². The third-order valence-corrected chi connectivity index (χ3v) is 5.63. The van der Waals surface area contributed by atoms with Gasteiger partial charge in [0.2, 0.25) is 0 Å². The van der Waals surface area contributed by atoms with Crippen molar-refractivity contribution in [3.05, 3.63) is 95.6 Å². The van der Waals surface area contributed by atoms with Crippen molar-refractivity contribution in [3.63, 3.8) is 0 Å². The number of aryl methyl sites for hydroxylation is 1. The van der Waals surface area contributed by atoms with Gasteiger partial charge in [0.15, 0.2) is 11.6 Å². The van der Waals surface area contributed by atoms with Gasteiger partial charge in [0.1, 0.15) is 6.61 Å². The van der Waals surface area contributed by atoms with Crippen molar-refractivity contribution in [2.75, 3.05) is 17.2 Å². The summed E-state index contributed by atoms with van der Waals surface area (Å²) < 4.78 is 20.1. The number of hydrogen-bond acceptors (Lipinski definition) is 4. The molecule has 2 N–H and O–H groups in total. The molecule has 0 atom stereocenters. The quantitative estimate of drug-likeness (QED) is 0.438. The lowest BCUT2D eigenvalue weighted by molar-refractivity contribution is 0.102. The standard InChI is InChI=1S/C26H22FN3O2/c27-23-9-7-18(26(31)30-21-8-10-24-17(12-21)5-3-11-29-24)13-25(23)32-16-20-15-28-14-19-4-1-2-6-22(19)20/h1-2,4,6-10,12-15,29H,3,5,11,16H2,(H,30,31). The van der Waals surface area contributed by atoms with Gasteiger partial charge < -0.3 is 15.4 Å². The number of aromatic nitrogens is 1. The van der Waals surface area contributed by atoms with Crippen LogP contribution in [0.15, 0.2) is 73.1 Å². The molecule has 0 saturated heterocycles. The number of rotatable bonds is 5. The number of amides is 1. The Morgan fingerprint density at radius 2 is 2.00 bits per heavy atom. The van der Waals surface area contributed by atoms with E-state index < -0.39 is 5.82 Å². The van der Waals surface area contributed by atoms with E-state index in [1.165, 1.54) is 23.8 Å². The molecule has 1 aromatic heterocycles. The maximum Gasteiger partial charge on any atom is 0.255 e. The van der Waals surface area contributed by atoms with Crippen LogP contribution in [0.25, 0.3) is 10.8 Å². The molecule has 1 aliphatic rings. The molecule has 2 heterocycles. The molecule has 3 aromatic carbocycles. The van der Waals surface area contributed by atoms with Gasteiger partial charge in [-0.25, -0.2) is 4.39 Å². The first kappa shape index (κ1) is 20.0. The van der Waals surface area contributed by atoms with Gasteiger partial charge >= 0.3 is 0 Å². The fourth-order valence-electron chi connectivity index (χ4n) is 3.96. The Morgan fingerprint density at radius 3 is 2.94 bits per heavy atom. The van der Waals surface area contributed by atoms with Crippen LogP contribution in [-0.4, -0.2) is 17.4 Å². The van der Waals surface area contributed by atoms with Gasteiger partial charge in [-0.2, -0.15) is 0 Å². The van der Waals surface area contributed by atoms with Crippen LogP contribution < -0.4 is 15.4 Å². The number of nitrogens with one attached hydrogen (secondary N) is 2. The lowest BCUT2D eigenvalue weighted by Crippen LogP contribution is -2.15. The van der Waals surface area contributed by atoms with Gasteiger partial charge in [0.05, 0.1) is 0 Å². The average Bonchev–Trinajstić information content (AvgIpc) is 2.83. The van der Waals surface area contributed by atoms with Crippen LogP contribution in [0.4, 0.5) is 15.8 Å². The zero-order valence-electron chi connectivity index (χ0n) is 17.4. The number of anilines is 2. The summed E-state index contributed by atoms with van der Waals surface area (Å²) >= 11 is 0. The third kappa shape index (κ3) is 4.12. The summed E-state index contributed by atoms with van der Waals surface area (Å²) in [4.78, 5) is 17.0. The zero-order chi connectivity index (χ0) is 21.9. The molecule has 4 aromatic rings. The summed E-state index contributed by atoms with van der Waals surface area (Å²) in [5, 5.41) is 8.24. The number of halogens is 1. The van der Waals surface area contributed by atoms with E-state index >= 15 is 0 Å². The molecular weight excluding hydrogens is 405 g/mol. The molecule has 0 bridgehead atoms. The predicted molar refractivity (Wildman–Crippen MR) is 124 cm³/mol. The van der Waals surface area contributed by atoms with Gasteiger partial charge in [-0.1, -0.05) is 24.3 Å². The molecule has 32 heavy (non-hydrogen) atoms. The number of fused-ring (bicyclic) bond motifs is 2. The van der Waals surface area contributed by atoms with Crippen LogP contribution >= 0.6 is 0 Å². The summed E-state index contributed by atoms with van der Waals surface area (Å²) in [6.45, 7) is 1.11. The first-order valence-electron chi connectivity index (χ1n) is 10.6. The predicted octanol–water partition coefficient (Wildman–Crippen LogP) is 5.56. The van der Waals surface area contributed by atoms with Crippen LogP contribution in [0.3, 0.4) is 0 Å². The SMILES string of the molecule is O=C(Nc1ccc2c(c1)CCCN2)c1ccc(F)c(OCc2cncc3ccccc23)c1. The lowest BCUT2D eigenvalue weighted by atomic mass is 10.0. The first-order chi connectivity index (χ1) is 15.7. The molecule has 1 amide bonds. The number of carbonyl (C=O) groups is 1. The Labute approximate surface area is 185 Å². The van der Waals surface area contributed by atoms with Gasteiger partial charge in [0, 0.05) is 46.8 Å². The van der Waals surface area contributed by atoms with Gasteiger partial charge in [-0.05, 0) is 60.2 Å². The molecule has 160 valence electrons. The third-order valence-electron chi connectivity index (χ3n) is 5.63. The van der Waals surface area contributed by atoms with Crippen molar-refractivity contribution < 1.29 is 13.9 Å². The van der Waals surface area contributed by atoms with Crippen LogP contribution in [0.5, 0.6) is 5.75 Å². The maximum absolute atomic E-state index is 14.4. The van der Waals surface area contributed by atoms with E-state index in [0.29, 0.717) is 11.3 Å². The second-order valence-corrected chi connectivity index (χ2v) is 7.81. The normalized spacial score (nSPS) is 12.7. The number of pyridine rings is 1. The summed E-state index contributed by atoms with van der Waals surface area (Å²) in [7, 11) is 0. The highest BCUT2D eigenvalue weighted by Crippen LogP contribution is 2.26. The molecule has 0 fully saturated rings. The topological polar surface area (TPSA) is 63.2 Å². The summed E-state index contributed by atoms with van der Waals surface area (Å²) in [5.41, 5.74) is 4.18. The summed E-state index contributed by atoms with van der Waals surface area (Å²) in [5.74, 6) is -0.805. The van der Waals surface area contributed by atoms with Gasteiger partial charge in [0.25, 0.3) is 5.91 Å². The molecule has 5 rings (SSSR count). The molecule has 0 radical (unpaired) electrons. The second-order valence-electron chi connectivity index (χ2n) is 7.81. The van der Waals surface area contributed by atoms with Crippen molar-refractivity contribution in [1.82, 2.24) is 4.98 Å². The number of carbonyl (C=O) groups excluding carboxylic acids is 1. The number of hydrogen-bond donors (Lipinski definition) is 2. The second kappa shape index (κ2) is 8.67. The molecular formula is C26H22FN3O2. The van der Waals surface area contributed by atoms with Crippen molar-refractivity contribution in [3.8, 4) is 5.75 Å². The molecule has 0 saturated carbocycles. The minimum atomic E-state index is -0.519. The zero-order valence-corrected chi connectivity index (χ0v) is 17.4. The monoisotopic (exact) mass is 427 g/mol. The van der Waals surface area contributed by atoms with E-state index in [-0.39, 0.29) is 18.3 Å². The Kier molecular flexibility index (Phi) is 5.42. The van der Waals surface area contributed by atoms with Crippen molar-refractivity contribution in [1.29, 1.82) is 0 Å². The largest absolute Gasteiger partial charge is 0.486 e. The fourth-order valence-corrected chi connectivity index (χ4v) is 3.96. The van der Waals surface area contributed by atoms with Crippen LogP contribution in [0.2, 0.25) is 0 Å². The number of benzene rings is 3. The van der Waals surface area contributed by atoms with E-state index in [0.717, 1.165) is 41.4 Å². The van der Waals surface area contributed by atoms with Gasteiger partial charge in [-0.3, -0.25) is 9.78 Å². The Hall–Kier alpha value is -3.93. The number of nitrogens with zero attached hydrogens (tertiary/aromatic N) is 1. The van der Waals surface area contributed by atoms with E-state index in [1.54, 1.807) is 12.4 Å². The van der Waals surface area contributed by atoms with Crippen molar-refractivity contribution in [2.45, 2.75) is 19.4 Å². The minimum Gasteiger partial charge on any atom is -0.486 e. The van der Waals surface area contributed by atoms with E-state index in [1.807, 2.05) is 42.5 Å². The molecule has 1 aliphatic heterocycles.